The van der Waals surface area contributed by atoms with E-state index >= 15 is 0 Å². The Labute approximate surface area is 129 Å². The lowest BCUT2D eigenvalue weighted by Crippen LogP contribution is -2.17. The molecule has 0 amide bonds. The molecule has 0 saturated carbocycles. The summed E-state index contributed by atoms with van der Waals surface area (Å²) in [7, 11) is 1.66. The number of nitrogens with one attached hydrogen (secondary N) is 1. The molecule has 1 heterocycles. The first-order valence-electron chi connectivity index (χ1n) is 5.91. The third-order valence-corrected chi connectivity index (χ3v) is 3.93. The number of methoxy groups -OCH3 is 1. The van der Waals surface area contributed by atoms with E-state index in [0.29, 0.717) is 6.54 Å². The lowest BCUT2D eigenvalue weighted by molar-refractivity contribution is 0.411. The first-order valence-corrected chi connectivity index (χ1v) is 7.50. The van der Waals surface area contributed by atoms with Crippen LogP contribution in [-0.4, -0.2) is 7.11 Å². The fourth-order valence-electron chi connectivity index (χ4n) is 1.77. The van der Waals surface area contributed by atoms with E-state index in [4.69, 9.17) is 9.15 Å². The van der Waals surface area contributed by atoms with Gasteiger partial charge in [-0.3, -0.25) is 0 Å². The summed E-state index contributed by atoms with van der Waals surface area (Å²) < 4.78 is 12.4. The molecule has 0 aliphatic carbocycles. The van der Waals surface area contributed by atoms with Gasteiger partial charge in [-0.1, -0.05) is 6.07 Å². The minimum Gasteiger partial charge on any atom is -0.496 e. The van der Waals surface area contributed by atoms with Gasteiger partial charge in [0.25, 0.3) is 0 Å². The van der Waals surface area contributed by atoms with Gasteiger partial charge in [-0.25, -0.2) is 0 Å². The van der Waals surface area contributed by atoms with Crippen molar-refractivity contribution < 1.29 is 9.15 Å². The molecule has 19 heavy (non-hydrogen) atoms. The van der Waals surface area contributed by atoms with E-state index in [1.807, 2.05) is 18.2 Å². The molecule has 1 N–H and O–H groups in total. The Morgan fingerprint density at radius 1 is 1.26 bits per heavy atom. The zero-order valence-electron chi connectivity index (χ0n) is 10.7. The minimum atomic E-state index is 0.228. The number of hydrogen-bond donors (Lipinski definition) is 1. The van der Waals surface area contributed by atoms with Gasteiger partial charge in [0.2, 0.25) is 0 Å². The summed E-state index contributed by atoms with van der Waals surface area (Å²) in [6, 6.07) is 10.2. The average Bonchev–Trinajstić information content (AvgIpc) is 2.81. The van der Waals surface area contributed by atoms with Gasteiger partial charge in [0.05, 0.1) is 18.1 Å². The van der Waals surface area contributed by atoms with Crippen LogP contribution in [0.3, 0.4) is 0 Å². The molecule has 0 spiro atoms. The molecule has 1 atom stereocenters. The predicted molar refractivity (Wildman–Crippen MR) is 82.4 cm³/mol. The maximum absolute atomic E-state index is 5.45. The topological polar surface area (TPSA) is 34.4 Å². The largest absolute Gasteiger partial charge is 0.496 e. The van der Waals surface area contributed by atoms with E-state index < -0.39 is 0 Å². The lowest BCUT2D eigenvalue weighted by atomic mass is 10.1. The Kier molecular flexibility index (Phi) is 5.07. The summed E-state index contributed by atoms with van der Waals surface area (Å²) >= 11 is 6.79. The third kappa shape index (κ3) is 3.84. The van der Waals surface area contributed by atoms with Gasteiger partial charge < -0.3 is 14.5 Å². The maximum atomic E-state index is 5.45. The summed E-state index contributed by atoms with van der Waals surface area (Å²) in [6.07, 6.45) is 0. The molecular weight excluding hydrogens is 374 g/mol. The van der Waals surface area contributed by atoms with E-state index in [2.05, 4.69) is 56.2 Å². The number of benzene rings is 1. The highest BCUT2D eigenvalue weighted by atomic mass is 79.9. The number of hydrogen-bond acceptors (Lipinski definition) is 3. The zero-order chi connectivity index (χ0) is 13.8. The normalized spacial score (nSPS) is 12.4. The van der Waals surface area contributed by atoms with Crippen molar-refractivity contribution in [3.05, 3.63) is 50.8 Å². The monoisotopic (exact) mass is 387 g/mol. The molecule has 2 aromatic rings. The van der Waals surface area contributed by atoms with Crippen LogP contribution < -0.4 is 10.1 Å². The second-order valence-electron chi connectivity index (χ2n) is 4.20. The fourth-order valence-corrected chi connectivity index (χ4v) is 2.67. The van der Waals surface area contributed by atoms with Gasteiger partial charge in [0.15, 0.2) is 4.67 Å². The van der Waals surface area contributed by atoms with Crippen molar-refractivity contribution >= 4 is 31.9 Å². The molecule has 1 aromatic heterocycles. The average molecular weight is 389 g/mol. The van der Waals surface area contributed by atoms with Crippen molar-refractivity contribution in [2.24, 2.45) is 0 Å². The summed E-state index contributed by atoms with van der Waals surface area (Å²) in [5.74, 6) is 1.75. The first-order chi connectivity index (χ1) is 9.10. The SMILES string of the molecule is COc1ccc(C(C)NCc2ccc(Br)o2)cc1Br. The Morgan fingerprint density at radius 3 is 2.63 bits per heavy atom. The second-order valence-corrected chi connectivity index (χ2v) is 5.84. The molecule has 0 aliphatic heterocycles. The zero-order valence-corrected chi connectivity index (χ0v) is 13.9. The highest BCUT2D eigenvalue weighted by molar-refractivity contribution is 9.10. The Balaban J connectivity index is 1.99. The number of halogens is 2. The molecule has 0 bridgehead atoms. The number of furan rings is 1. The van der Waals surface area contributed by atoms with Crippen LogP contribution in [0.2, 0.25) is 0 Å². The van der Waals surface area contributed by atoms with Crippen molar-refractivity contribution in [3.63, 3.8) is 0 Å². The molecule has 0 fully saturated rings. The van der Waals surface area contributed by atoms with Gasteiger partial charge in [0.1, 0.15) is 11.5 Å². The van der Waals surface area contributed by atoms with Crippen LogP contribution in [0.15, 0.2) is 43.9 Å². The van der Waals surface area contributed by atoms with Crippen molar-refractivity contribution in [2.45, 2.75) is 19.5 Å². The van der Waals surface area contributed by atoms with Crippen molar-refractivity contribution in [2.75, 3.05) is 7.11 Å². The van der Waals surface area contributed by atoms with Crippen LogP contribution in [0.1, 0.15) is 24.3 Å². The van der Waals surface area contributed by atoms with E-state index in [1.165, 1.54) is 5.56 Å². The van der Waals surface area contributed by atoms with Crippen molar-refractivity contribution in [1.29, 1.82) is 0 Å². The quantitative estimate of drug-likeness (QED) is 0.808. The van der Waals surface area contributed by atoms with Crippen LogP contribution in [0.4, 0.5) is 0 Å². The summed E-state index contributed by atoms with van der Waals surface area (Å²) in [4.78, 5) is 0. The van der Waals surface area contributed by atoms with Crippen LogP contribution in [0, 0.1) is 0 Å². The Hall–Kier alpha value is -0.780. The molecular formula is C14H15Br2NO2. The summed E-state index contributed by atoms with van der Waals surface area (Å²) in [5.41, 5.74) is 1.19. The first kappa shape index (κ1) is 14.6. The Bertz CT molecular complexity index is 554. The maximum Gasteiger partial charge on any atom is 0.169 e. The molecule has 0 radical (unpaired) electrons. The second kappa shape index (κ2) is 6.59. The van der Waals surface area contributed by atoms with Crippen LogP contribution in [0.5, 0.6) is 5.75 Å². The van der Waals surface area contributed by atoms with E-state index in [9.17, 15) is 0 Å². The van der Waals surface area contributed by atoms with E-state index in [0.717, 1.165) is 20.7 Å². The summed E-state index contributed by atoms with van der Waals surface area (Å²) in [6.45, 7) is 2.81. The van der Waals surface area contributed by atoms with Crippen molar-refractivity contribution in [3.8, 4) is 5.75 Å². The molecule has 3 nitrogen and oxygen atoms in total. The molecule has 5 heteroatoms. The third-order valence-electron chi connectivity index (χ3n) is 2.89. The van der Waals surface area contributed by atoms with Gasteiger partial charge in [-0.2, -0.15) is 0 Å². The van der Waals surface area contributed by atoms with Gasteiger partial charge in [0, 0.05) is 6.04 Å². The number of rotatable bonds is 5. The Morgan fingerprint density at radius 2 is 2.05 bits per heavy atom. The van der Waals surface area contributed by atoms with Crippen molar-refractivity contribution in [1.82, 2.24) is 5.32 Å². The molecule has 2 rings (SSSR count). The molecule has 0 aliphatic rings. The highest BCUT2D eigenvalue weighted by Gasteiger charge is 2.09. The lowest BCUT2D eigenvalue weighted by Gasteiger charge is -2.14. The van der Waals surface area contributed by atoms with Crippen LogP contribution in [0.25, 0.3) is 0 Å². The molecule has 102 valence electrons. The molecule has 1 unspecified atom stereocenters. The standard InChI is InChI=1S/C14H15Br2NO2/c1-9(17-8-11-4-6-14(16)19-11)10-3-5-13(18-2)12(15)7-10/h3-7,9,17H,8H2,1-2H3. The van der Waals surface area contributed by atoms with Gasteiger partial charge >= 0.3 is 0 Å². The predicted octanol–water partition coefficient (Wildman–Crippen LogP) is 4.66. The van der Waals surface area contributed by atoms with Gasteiger partial charge in [-0.15, -0.1) is 0 Å². The van der Waals surface area contributed by atoms with E-state index in [-0.39, 0.29) is 6.04 Å². The van der Waals surface area contributed by atoms with Crippen LogP contribution in [-0.2, 0) is 6.54 Å². The molecule has 0 saturated heterocycles. The summed E-state index contributed by atoms with van der Waals surface area (Å²) in [5, 5.41) is 3.42. The van der Waals surface area contributed by atoms with Gasteiger partial charge in [-0.05, 0) is 68.6 Å². The smallest absolute Gasteiger partial charge is 0.169 e. The highest BCUT2D eigenvalue weighted by Crippen LogP contribution is 2.28. The van der Waals surface area contributed by atoms with E-state index in [1.54, 1.807) is 7.11 Å². The molecule has 1 aromatic carbocycles. The van der Waals surface area contributed by atoms with Crippen LogP contribution >= 0.6 is 31.9 Å². The minimum absolute atomic E-state index is 0.228. The number of ether oxygens (including phenoxy) is 1. The fraction of sp³-hybridized carbons (Fsp3) is 0.286.